The highest BCUT2D eigenvalue weighted by molar-refractivity contribution is 7.03. The van der Waals surface area contributed by atoms with Gasteiger partial charge in [-0.1, -0.05) is 6.07 Å². The third kappa shape index (κ3) is 3.43. The average molecular weight is 458 g/mol. The number of ether oxygens (including phenoxy) is 1. The predicted molar refractivity (Wildman–Crippen MR) is 119 cm³/mol. The van der Waals surface area contributed by atoms with E-state index in [1.54, 1.807) is 25.6 Å². The number of methoxy groups -OCH3 is 1. The first-order chi connectivity index (χ1) is 15.0. The van der Waals surface area contributed by atoms with Crippen molar-refractivity contribution < 1.29 is 14.9 Å². The largest absolute Gasteiger partial charge is 0.497 e. The van der Waals surface area contributed by atoms with E-state index in [0.717, 1.165) is 16.7 Å². The van der Waals surface area contributed by atoms with Crippen LogP contribution in [-0.2, 0) is 0 Å². The number of nitrogens with two attached hydrogens (primary N) is 1. The van der Waals surface area contributed by atoms with Gasteiger partial charge >= 0.3 is 0 Å². The number of aliphatic hydroxyl groups is 2. The number of hydrogen-bond acceptors (Lipinski definition) is 8. The molecule has 3 aromatic heterocycles. The number of aliphatic hydroxyl groups excluding tert-OH is 2. The van der Waals surface area contributed by atoms with Crippen LogP contribution in [0, 0.1) is 0 Å². The van der Waals surface area contributed by atoms with Gasteiger partial charge in [-0.15, -0.1) is 0 Å². The maximum atomic E-state index is 10.9. The summed E-state index contributed by atoms with van der Waals surface area (Å²) in [6.45, 7) is 0. The number of fused-ring (bicyclic) bond motifs is 1. The summed E-state index contributed by atoms with van der Waals surface area (Å²) in [7, 11) is 1.61. The lowest BCUT2D eigenvalue weighted by Crippen LogP contribution is -2.28. The molecule has 0 bridgehead atoms. The van der Waals surface area contributed by atoms with Crippen LogP contribution in [0.15, 0.2) is 42.0 Å². The Morgan fingerprint density at radius 1 is 1.19 bits per heavy atom. The summed E-state index contributed by atoms with van der Waals surface area (Å²) in [5.74, 6) is 0.662. The molecular formula is C21H20ClN5O3S. The third-order valence-electron chi connectivity index (χ3n) is 5.94. The Kier molecular flexibility index (Phi) is 5.05. The zero-order valence-electron chi connectivity index (χ0n) is 16.5. The normalized spacial score (nSPS) is 23.5. The van der Waals surface area contributed by atoms with Crippen LogP contribution >= 0.6 is 23.1 Å². The van der Waals surface area contributed by atoms with E-state index in [1.807, 2.05) is 28.1 Å². The van der Waals surface area contributed by atoms with Crippen molar-refractivity contribution in [2.75, 3.05) is 12.8 Å². The quantitative estimate of drug-likeness (QED) is 0.402. The third-order valence-corrected chi connectivity index (χ3v) is 6.70. The van der Waals surface area contributed by atoms with Crippen molar-refractivity contribution in [3.05, 3.63) is 52.9 Å². The molecule has 10 heteroatoms. The van der Waals surface area contributed by atoms with Gasteiger partial charge in [0.05, 0.1) is 24.6 Å². The summed E-state index contributed by atoms with van der Waals surface area (Å²) in [5.41, 5.74) is 9.32. The van der Waals surface area contributed by atoms with Crippen LogP contribution in [0.2, 0.25) is 5.28 Å². The Bertz CT molecular complexity index is 1250. The lowest BCUT2D eigenvalue weighted by molar-refractivity contribution is 0.0179. The predicted octanol–water partition coefficient (Wildman–Crippen LogP) is 3.25. The number of nitrogen functional groups attached to an aromatic ring is 1. The molecule has 5 rings (SSSR count). The van der Waals surface area contributed by atoms with Crippen molar-refractivity contribution in [3.8, 4) is 16.9 Å². The van der Waals surface area contributed by atoms with E-state index in [9.17, 15) is 10.2 Å². The monoisotopic (exact) mass is 457 g/mol. The van der Waals surface area contributed by atoms with Crippen LogP contribution in [-0.4, -0.2) is 48.4 Å². The van der Waals surface area contributed by atoms with Gasteiger partial charge in [0.25, 0.3) is 0 Å². The van der Waals surface area contributed by atoms with Crippen LogP contribution in [0.5, 0.6) is 5.75 Å². The highest BCUT2D eigenvalue weighted by atomic mass is 35.5. The maximum Gasteiger partial charge on any atom is 0.226 e. The van der Waals surface area contributed by atoms with E-state index >= 15 is 0 Å². The fourth-order valence-electron chi connectivity index (χ4n) is 4.38. The number of rotatable bonds is 4. The molecule has 1 aliphatic carbocycles. The zero-order valence-corrected chi connectivity index (χ0v) is 18.1. The molecule has 1 aromatic carbocycles. The summed E-state index contributed by atoms with van der Waals surface area (Å²) < 4.78 is 11.5. The molecule has 4 aromatic rings. The molecule has 4 atom stereocenters. The molecule has 0 spiro atoms. The number of anilines is 1. The molecule has 1 fully saturated rings. The van der Waals surface area contributed by atoms with Crippen molar-refractivity contribution in [3.63, 3.8) is 0 Å². The van der Waals surface area contributed by atoms with Gasteiger partial charge in [-0.2, -0.15) is 4.98 Å². The molecule has 0 saturated heterocycles. The molecule has 1 aliphatic rings. The Hall–Kier alpha value is -2.72. The van der Waals surface area contributed by atoms with E-state index in [2.05, 4.69) is 14.3 Å². The average Bonchev–Trinajstić information content (AvgIpc) is 3.49. The minimum Gasteiger partial charge on any atom is -0.497 e. The molecule has 8 nitrogen and oxygen atoms in total. The Labute approximate surface area is 187 Å². The fraction of sp³-hybridized carbons (Fsp3) is 0.286. The Balaban J connectivity index is 1.54. The van der Waals surface area contributed by atoms with Crippen LogP contribution in [0.3, 0.4) is 0 Å². The summed E-state index contributed by atoms with van der Waals surface area (Å²) in [6.07, 6.45) is 2.14. The van der Waals surface area contributed by atoms with Gasteiger partial charge in [-0.05, 0) is 58.9 Å². The molecule has 0 radical (unpaired) electrons. The molecule has 0 amide bonds. The van der Waals surface area contributed by atoms with Crippen LogP contribution in [0.25, 0.3) is 22.2 Å². The Morgan fingerprint density at radius 2 is 2.03 bits per heavy atom. The number of benzene rings is 1. The molecule has 3 heterocycles. The summed E-state index contributed by atoms with van der Waals surface area (Å²) in [4.78, 5) is 8.27. The number of halogens is 1. The second-order valence-electron chi connectivity index (χ2n) is 7.64. The van der Waals surface area contributed by atoms with Gasteiger partial charge in [-0.25, -0.2) is 9.36 Å². The summed E-state index contributed by atoms with van der Waals surface area (Å²) in [5, 5.41) is 24.5. The summed E-state index contributed by atoms with van der Waals surface area (Å²) in [6, 6.07) is 7.24. The van der Waals surface area contributed by atoms with Crippen LogP contribution in [0.4, 0.5) is 5.82 Å². The zero-order chi connectivity index (χ0) is 21.7. The lowest BCUT2D eigenvalue weighted by Gasteiger charge is -2.19. The van der Waals surface area contributed by atoms with Gasteiger partial charge in [-0.3, -0.25) is 0 Å². The van der Waals surface area contributed by atoms with Crippen molar-refractivity contribution >= 4 is 40.0 Å². The van der Waals surface area contributed by atoms with E-state index in [0.29, 0.717) is 23.2 Å². The molecule has 1 saturated carbocycles. The summed E-state index contributed by atoms with van der Waals surface area (Å²) >= 11 is 7.38. The number of hydrogen-bond donors (Lipinski definition) is 3. The molecule has 4 N–H and O–H groups in total. The minimum absolute atomic E-state index is 0.0383. The van der Waals surface area contributed by atoms with E-state index < -0.39 is 18.2 Å². The van der Waals surface area contributed by atoms with Gasteiger partial charge in [0.15, 0.2) is 0 Å². The van der Waals surface area contributed by atoms with Crippen molar-refractivity contribution in [1.82, 2.24) is 18.9 Å². The molecule has 31 heavy (non-hydrogen) atoms. The second kappa shape index (κ2) is 7.76. The lowest BCUT2D eigenvalue weighted by atomic mass is 9.92. The highest BCUT2D eigenvalue weighted by Crippen LogP contribution is 2.44. The SMILES string of the molecule is COc1cc(-c2cnsc2)cc([C@H]2C[C@@H](n3ccc4c(N)nc(Cl)nc43)[C@H](O)[C@@H]2O)c1. The topological polar surface area (TPSA) is 119 Å². The second-order valence-corrected chi connectivity index (χ2v) is 8.63. The first-order valence-electron chi connectivity index (χ1n) is 9.70. The number of nitrogens with zero attached hydrogens (tertiary/aromatic N) is 4. The fourth-order valence-corrected chi connectivity index (χ4v) is 5.10. The van der Waals surface area contributed by atoms with Gasteiger partial charge in [0, 0.05) is 29.3 Å². The Morgan fingerprint density at radius 3 is 2.77 bits per heavy atom. The van der Waals surface area contributed by atoms with E-state index in [1.165, 1.54) is 11.5 Å². The van der Waals surface area contributed by atoms with Crippen LogP contribution in [0.1, 0.15) is 23.9 Å². The molecular weight excluding hydrogens is 438 g/mol. The van der Waals surface area contributed by atoms with Crippen molar-refractivity contribution in [2.45, 2.75) is 30.6 Å². The van der Waals surface area contributed by atoms with Gasteiger partial charge in [0.2, 0.25) is 5.28 Å². The number of aromatic nitrogens is 4. The van der Waals surface area contributed by atoms with E-state index in [4.69, 9.17) is 22.1 Å². The minimum atomic E-state index is -0.993. The van der Waals surface area contributed by atoms with Crippen molar-refractivity contribution in [1.29, 1.82) is 0 Å². The van der Waals surface area contributed by atoms with Crippen LogP contribution < -0.4 is 10.5 Å². The molecule has 0 aliphatic heterocycles. The van der Waals surface area contributed by atoms with Gasteiger partial charge in [0.1, 0.15) is 23.3 Å². The van der Waals surface area contributed by atoms with E-state index in [-0.39, 0.29) is 17.0 Å². The van der Waals surface area contributed by atoms with Gasteiger partial charge < -0.3 is 25.3 Å². The van der Waals surface area contributed by atoms with Crippen molar-refractivity contribution in [2.24, 2.45) is 0 Å². The molecule has 160 valence electrons. The molecule has 0 unspecified atom stereocenters. The first kappa shape index (κ1) is 20.2. The first-order valence-corrected chi connectivity index (χ1v) is 10.9. The highest BCUT2D eigenvalue weighted by Gasteiger charge is 2.43. The standard InChI is InChI=1S/C21H20ClN5O3S/c1-30-13-5-10(12-8-24-31-9-12)4-11(6-13)15-7-16(18(29)17(15)28)27-3-2-14-19(23)25-21(22)26-20(14)27/h2-6,8-9,15-18,28-29H,7H2,1H3,(H2,23,25,26)/t15-,16-,17-,18+/m1/s1. The smallest absolute Gasteiger partial charge is 0.226 e. The maximum absolute atomic E-state index is 10.9.